The molecule has 7 nitrogen and oxygen atoms in total. The van der Waals surface area contributed by atoms with Crippen molar-refractivity contribution in [2.24, 2.45) is 5.41 Å². The normalized spacial score (nSPS) is 16.9. The molecule has 1 unspecified atom stereocenters. The maximum absolute atomic E-state index is 9.04. The van der Waals surface area contributed by atoms with Crippen LogP contribution in [0.15, 0.2) is 48.5 Å². The fourth-order valence-electron chi connectivity index (χ4n) is 6.42. The van der Waals surface area contributed by atoms with E-state index < -0.39 is 0 Å². The zero-order valence-electron chi connectivity index (χ0n) is 23.0. The second kappa shape index (κ2) is 10.5. The Hall–Kier alpha value is -3.71. The molecular weight excluding hydrogens is 488 g/mol. The van der Waals surface area contributed by atoms with Gasteiger partial charge in [0.1, 0.15) is 18.1 Å². The number of ether oxygens (including phenoxy) is 2. The molecule has 7 heteroatoms. The van der Waals surface area contributed by atoms with Gasteiger partial charge in [0.15, 0.2) is 5.82 Å². The summed E-state index contributed by atoms with van der Waals surface area (Å²) in [4.78, 5) is 0. The second-order valence-corrected chi connectivity index (χ2v) is 11.2. The van der Waals surface area contributed by atoms with Crippen molar-refractivity contribution >= 4 is 0 Å². The molecule has 0 aliphatic heterocycles. The summed E-state index contributed by atoms with van der Waals surface area (Å²) in [6.07, 6.45) is 5.11. The van der Waals surface area contributed by atoms with Crippen molar-refractivity contribution in [3.8, 4) is 22.6 Å². The lowest BCUT2D eigenvalue weighted by atomic mass is 9.86. The Bertz CT molecular complexity index is 1450. The number of benzene rings is 3. The Morgan fingerprint density at radius 2 is 1.82 bits per heavy atom. The molecule has 3 aromatic carbocycles. The number of hydrogen-bond acceptors (Lipinski definition) is 6. The predicted octanol–water partition coefficient (Wildman–Crippen LogP) is 5.79. The highest BCUT2D eigenvalue weighted by Crippen LogP contribution is 2.64. The molecule has 6 rings (SSSR count). The van der Waals surface area contributed by atoms with Crippen LogP contribution < -0.4 is 9.47 Å². The Morgan fingerprint density at radius 3 is 2.54 bits per heavy atom. The Kier molecular flexibility index (Phi) is 6.85. The van der Waals surface area contributed by atoms with E-state index in [1.807, 2.05) is 0 Å². The van der Waals surface area contributed by atoms with E-state index >= 15 is 0 Å². The minimum Gasteiger partial charge on any atom is -0.493 e. The third-order valence-corrected chi connectivity index (χ3v) is 8.63. The first-order chi connectivity index (χ1) is 19.0. The SMILES string of the molecule is Cc1cc(OCCCO)cc(C)c1-c1cccc(COc2ccc3c(c2)CC2(CC2)C3Cc2nn[nH]n2)c1C. The van der Waals surface area contributed by atoms with E-state index in [0.717, 1.165) is 30.2 Å². The van der Waals surface area contributed by atoms with Crippen LogP contribution in [0.2, 0.25) is 0 Å². The first-order valence-electron chi connectivity index (χ1n) is 13.9. The van der Waals surface area contributed by atoms with Crippen molar-refractivity contribution in [2.45, 2.75) is 65.4 Å². The molecular formula is C32H36N4O3. The maximum atomic E-state index is 9.04. The average molecular weight is 525 g/mol. The van der Waals surface area contributed by atoms with Gasteiger partial charge in [-0.25, -0.2) is 0 Å². The van der Waals surface area contributed by atoms with E-state index in [4.69, 9.17) is 14.6 Å². The lowest BCUT2D eigenvalue weighted by molar-refractivity contribution is 0.233. The summed E-state index contributed by atoms with van der Waals surface area (Å²) in [5, 5.41) is 23.8. The summed E-state index contributed by atoms with van der Waals surface area (Å²) < 4.78 is 12.2. The van der Waals surface area contributed by atoms with Gasteiger partial charge in [0, 0.05) is 19.4 Å². The van der Waals surface area contributed by atoms with Crippen molar-refractivity contribution in [3.63, 3.8) is 0 Å². The topological polar surface area (TPSA) is 93.1 Å². The molecule has 1 saturated carbocycles. The highest BCUT2D eigenvalue weighted by Gasteiger charge is 2.54. The molecule has 39 heavy (non-hydrogen) atoms. The lowest BCUT2D eigenvalue weighted by Gasteiger charge is -2.18. The zero-order valence-corrected chi connectivity index (χ0v) is 23.0. The van der Waals surface area contributed by atoms with Crippen LogP contribution in [0.3, 0.4) is 0 Å². The third-order valence-electron chi connectivity index (χ3n) is 8.63. The highest BCUT2D eigenvalue weighted by molar-refractivity contribution is 5.75. The highest BCUT2D eigenvalue weighted by atomic mass is 16.5. The van der Waals surface area contributed by atoms with Gasteiger partial charge in [-0.15, -0.1) is 10.2 Å². The molecule has 2 aliphatic carbocycles. The zero-order chi connectivity index (χ0) is 27.0. The molecule has 0 radical (unpaired) electrons. The fraction of sp³-hybridized carbons (Fsp3) is 0.406. The van der Waals surface area contributed by atoms with Gasteiger partial charge >= 0.3 is 0 Å². The monoisotopic (exact) mass is 524 g/mol. The molecule has 1 atom stereocenters. The van der Waals surface area contributed by atoms with Crippen molar-refractivity contribution in [1.29, 1.82) is 0 Å². The van der Waals surface area contributed by atoms with Gasteiger partial charge in [-0.05, 0) is 120 Å². The van der Waals surface area contributed by atoms with Crippen molar-refractivity contribution in [2.75, 3.05) is 13.2 Å². The van der Waals surface area contributed by atoms with Crippen LogP contribution >= 0.6 is 0 Å². The molecule has 0 bridgehead atoms. The number of rotatable bonds is 10. The Balaban J connectivity index is 1.19. The quantitative estimate of drug-likeness (QED) is 0.255. The summed E-state index contributed by atoms with van der Waals surface area (Å²) in [7, 11) is 0. The Labute approximate surface area is 229 Å². The van der Waals surface area contributed by atoms with E-state index in [-0.39, 0.29) is 6.61 Å². The Morgan fingerprint density at radius 1 is 1.00 bits per heavy atom. The number of nitrogens with one attached hydrogen (secondary N) is 1. The number of H-pyrrole nitrogens is 1. The fourth-order valence-corrected chi connectivity index (χ4v) is 6.42. The van der Waals surface area contributed by atoms with Crippen molar-refractivity contribution in [3.05, 3.63) is 87.7 Å². The largest absolute Gasteiger partial charge is 0.493 e. The molecule has 4 aromatic rings. The molecule has 1 heterocycles. The van der Waals surface area contributed by atoms with Crippen molar-refractivity contribution in [1.82, 2.24) is 20.6 Å². The molecule has 202 valence electrons. The summed E-state index contributed by atoms with van der Waals surface area (Å²) in [5.41, 5.74) is 10.4. The summed E-state index contributed by atoms with van der Waals surface area (Å²) in [5.74, 6) is 3.02. The van der Waals surface area contributed by atoms with Crippen molar-refractivity contribution < 1.29 is 14.6 Å². The molecule has 1 fully saturated rings. The van der Waals surface area contributed by atoms with Gasteiger partial charge in [-0.1, -0.05) is 29.5 Å². The minimum atomic E-state index is 0.137. The summed E-state index contributed by atoms with van der Waals surface area (Å²) >= 11 is 0. The third kappa shape index (κ3) is 5.03. The smallest absolute Gasteiger partial charge is 0.175 e. The molecule has 0 amide bonds. The van der Waals surface area contributed by atoms with Crippen LogP contribution in [0.5, 0.6) is 11.5 Å². The molecule has 1 spiro atoms. The number of nitrogens with zero attached hydrogens (tertiary/aromatic N) is 3. The molecule has 1 aromatic heterocycles. The van der Waals surface area contributed by atoms with Gasteiger partial charge in [-0.3, -0.25) is 0 Å². The van der Waals surface area contributed by atoms with E-state index in [1.54, 1.807) is 0 Å². The van der Waals surface area contributed by atoms with E-state index in [1.165, 1.54) is 57.3 Å². The van der Waals surface area contributed by atoms with E-state index in [9.17, 15) is 0 Å². The number of tetrazole rings is 1. The maximum Gasteiger partial charge on any atom is 0.175 e. The lowest BCUT2D eigenvalue weighted by Crippen LogP contribution is -2.12. The minimum absolute atomic E-state index is 0.137. The number of aliphatic hydroxyl groups excluding tert-OH is 1. The first kappa shape index (κ1) is 25.6. The molecule has 2 N–H and O–H groups in total. The first-order valence-corrected chi connectivity index (χ1v) is 13.9. The summed E-state index contributed by atoms with van der Waals surface area (Å²) in [6, 6.07) is 17.3. The second-order valence-electron chi connectivity index (χ2n) is 11.2. The van der Waals surface area contributed by atoms with Gasteiger partial charge in [-0.2, -0.15) is 5.21 Å². The van der Waals surface area contributed by atoms with Gasteiger partial charge < -0.3 is 14.6 Å². The number of aromatic nitrogens is 4. The predicted molar refractivity (Wildman–Crippen MR) is 150 cm³/mol. The molecule has 2 aliphatic rings. The number of aliphatic hydroxyl groups is 1. The van der Waals surface area contributed by atoms with Crippen LogP contribution in [-0.4, -0.2) is 38.9 Å². The van der Waals surface area contributed by atoms with Crippen LogP contribution in [0.4, 0.5) is 0 Å². The standard InChI is InChI=1S/C32H36N4O3/c1-20-14-26(38-13-5-12-37)15-21(2)31(20)27-7-4-6-23(22(27)3)19-39-25-8-9-28-24(16-25)18-32(10-11-32)29(28)17-30-33-35-36-34-30/h4,6-9,14-16,29,37H,5,10-13,17-19H2,1-3H3,(H,33,34,35,36). The van der Waals surface area contributed by atoms with E-state index in [0.29, 0.717) is 31.0 Å². The van der Waals surface area contributed by atoms with Crippen LogP contribution in [-0.2, 0) is 19.4 Å². The number of hydrogen-bond donors (Lipinski definition) is 2. The average Bonchev–Trinajstić information content (AvgIpc) is 3.37. The van der Waals surface area contributed by atoms with E-state index in [2.05, 4.69) is 89.9 Å². The number of aromatic amines is 1. The van der Waals surface area contributed by atoms with Crippen LogP contribution in [0.1, 0.15) is 64.4 Å². The number of aryl methyl sites for hydroxylation is 2. The number of fused-ring (bicyclic) bond motifs is 1. The van der Waals surface area contributed by atoms with Crippen LogP contribution in [0.25, 0.3) is 11.1 Å². The molecule has 0 saturated heterocycles. The summed E-state index contributed by atoms with van der Waals surface area (Å²) in [6.45, 7) is 7.62. The van der Waals surface area contributed by atoms with Gasteiger partial charge in [0.2, 0.25) is 0 Å². The van der Waals surface area contributed by atoms with Gasteiger partial charge in [0.25, 0.3) is 0 Å². The van der Waals surface area contributed by atoms with Crippen LogP contribution in [0, 0.1) is 26.2 Å². The van der Waals surface area contributed by atoms with Gasteiger partial charge in [0.05, 0.1) is 6.61 Å².